The van der Waals surface area contributed by atoms with Crippen molar-refractivity contribution in [2.24, 2.45) is 0 Å². The molecular formula is C21H26ClFN3O3+. The molecule has 0 saturated heterocycles. The lowest BCUT2D eigenvalue weighted by atomic mass is 10.2. The number of carbonyl (C=O) groups excluding carboxylic acids is 2. The second kappa shape index (κ2) is 10.8. The van der Waals surface area contributed by atoms with E-state index in [1.165, 1.54) is 13.2 Å². The Bertz CT molecular complexity index is 846. The molecule has 8 heteroatoms. The summed E-state index contributed by atoms with van der Waals surface area (Å²) in [5.74, 6) is -0.604. The van der Waals surface area contributed by atoms with E-state index in [9.17, 15) is 14.0 Å². The molecule has 0 aliphatic rings. The summed E-state index contributed by atoms with van der Waals surface area (Å²) in [4.78, 5) is 27.2. The van der Waals surface area contributed by atoms with E-state index in [4.69, 9.17) is 16.3 Å². The summed E-state index contributed by atoms with van der Waals surface area (Å²) in [5, 5.41) is 3.37. The van der Waals surface area contributed by atoms with E-state index in [2.05, 4.69) is 5.32 Å². The highest BCUT2D eigenvalue weighted by Crippen LogP contribution is 2.18. The van der Waals surface area contributed by atoms with Gasteiger partial charge in [-0.15, -0.1) is 0 Å². The van der Waals surface area contributed by atoms with Crippen molar-refractivity contribution in [3.05, 3.63) is 58.9 Å². The number of quaternary nitrogens is 1. The molecule has 0 aliphatic heterocycles. The van der Waals surface area contributed by atoms with Crippen molar-refractivity contribution in [3.63, 3.8) is 0 Å². The fraction of sp³-hybridized carbons (Fsp3) is 0.333. The Balaban J connectivity index is 1.88. The van der Waals surface area contributed by atoms with Crippen LogP contribution in [-0.2, 0) is 16.1 Å². The highest BCUT2D eigenvalue weighted by molar-refractivity contribution is 6.30. The van der Waals surface area contributed by atoms with Crippen LogP contribution in [-0.4, -0.2) is 50.5 Å². The van der Waals surface area contributed by atoms with Gasteiger partial charge >= 0.3 is 0 Å². The van der Waals surface area contributed by atoms with E-state index >= 15 is 0 Å². The van der Waals surface area contributed by atoms with Crippen LogP contribution in [0, 0.1) is 5.82 Å². The van der Waals surface area contributed by atoms with Crippen molar-refractivity contribution in [2.45, 2.75) is 13.5 Å². The first-order chi connectivity index (χ1) is 13.8. The number of methoxy groups -OCH3 is 1. The van der Waals surface area contributed by atoms with Gasteiger partial charge in [-0.2, -0.15) is 0 Å². The van der Waals surface area contributed by atoms with Crippen LogP contribution in [0.15, 0.2) is 42.5 Å². The molecule has 0 aliphatic carbocycles. The van der Waals surface area contributed by atoms with Gasteiger partial charge in [0.25, 0.3) is 11.8 Å². The highest BCUT2D eigenvalue weighted by Gasteiger charge is 2.19. The molecule has 0 saturated carbocycles. The van der Waals surface area contributed by atoms with Crippen LogP contribution in [0.2, 0.25) is 5.02 Å². The van der Waals surface area contributed by atoms with Crippen LogP contribution in [0.4, 0.5) is 10.1 Å². The summed E-state index contributed by atoms with van der Waals surface area (Å²) >= 11 is 5.83. The summed E-state index contributed by atoms with van der Waals surface area (Å²) in [6.07, 6.45) is 0. The molecule has 0 bridgehead atoms. The summed E-state index contributed by atoms with van der Waals surface area (Å²) in [6.45, 7) is 2.93. The average molecular weight is 423 g/mol. The number of ether oxygens (including phenoxy) is 1. The molecule has 6 nitrogen and oxygen atoms in total. The van der Waals surface area contributed by atoms with Gasteiger partial charge in [-0.3, -0.25) is 9.59 Å². The molecule has 0 spiro atoms. The number of anilines is 1. The average Bonchev–Trinajstić information content (AvgIpc) is 2.67. The van der Waals surface area contributed by atoms with Crippen LogP contribution in [0.1, 0.15) is 12.5 Å². The molecule has 1 atom stereocenters. The van der Waals surface area contributed by atoms with E-state index < -0.39 is 5.82 Å². The van der Waals surface area contributed by atoms with Gasteiger partial charge in [0.05, 0.1) is 14.2 Å². The molecule has 29 heavy (non-hydrogen) atoms. The lowest BCUT2D eigenvalue weighted by Gasteiger charge is -2.23. The standard InChI is InChI=1S/C21H25ClFN3O3/c1-4-26(12-15-5-10-19(29-3)18(23)11-15)21(28)14-25(2)13-20(27)24-17-8-6-16(22)7-9-17/h5-11H,4,12-14H2,1-3H3,(H,24,27)/p+1. The van der Waals surface area contributed by atoms with Crippen molar-refractivity contribution in [2.75, 3.05) is 39.1 Å². The number of likely N-dealkylation sites (N-methyl/N-ethyl adjacent to an activating group) is 2. The molecule has 2 rings (SSSR count). The number of nitrogens with one attached hydrogen (secondary N) is 2. The molecule has 2 amide bonds. The molecule has 0 radical (unpaired) electrons. The van der Waals surface area contributed by atoms with Gasteiger partial charge in [0.15, 0.2) is 24.7 Å². The van der Waals surface area contributed by atoms with E-state index in [0.29, 0.717) is 29.4 Å². The summed E-state index contributed by atoms with van der Waals surface area (Å²) < 4.78 is 18.8. The van der Waals surface area contributed by atoms with Crippen molar-refractivity contribution in [3.8, 4) is 5.75 Å². The van der Waals surface area contributed by atoms with Crippen molar-refractivity contribution < 1.29 is 23.6 Å². The molecule has 2 aromatic carbocycles. The molecule has 2 aromatic rings. The Morgan fingerprint density at radius 3 is 2.45 bits per heavy atom. The van der Waals surface area contributed by atoms with Gasteiger partial charge in [-0.25, -0.2) is 4.39 Å². The zero-order valence-electron chi connectivity index (χ0n) is 16.8. The van der Waals surface area contributed by atoms with Crippen LogP contribution in [0.3, 0.4) is 0 Å². The Kier molecular flexibility index (Phi) is 8.42. The Labute approximate surface area is 175 Å². The minimum Gasteiger partial charge on any atom is -0.494 e. The number of hydrogen-bond donors (Lipinski definition) is 2. The summed E-state index contributed by atoms with van der Waals surface area (Å²) in [6, 6.07) is 11.5. The monoisotopic (exact) mass is 422 g/mol. The summed E-state index contributed by atoms with van der Waals surface area (Å²) in [7, 11) is 3.18. The molecular weight excluding hydrogens is 397 g/mol. The Hall–Kier alpha value is -2.64. The molecule has 0 aromatic heterocycles. The molecule has 1 unspecified atom stereocenters. The predicted molar refractivity (Wildman–Crippen MR) is 111 cm³/mol. The van der Waals surface area contributed by atoms with Crippen LogP contribution in [0.5, 0.6) is 5.75 Å². The predicted octanol–water partition coefficient (Wildman–Crippen LogP) is 1.99. The quantitative estimate of drug-likeness (QED) is 0.649. The fourth-order valence-electron chi connectivity index (χ4n) is 2.85. The smallest absolute Gasteiger partial charge is 0.279 e. The Morgan fingerprint density at radius 1 is 1.17 bits per heavy atom. The van der Waals surface area contributed by atoms with Gasteiger partial charge in [0, 0.05) is 23.8 Å². The lowest BCUT2D eigenvalue weighted by molar-refractivity contribution is -0.862. The number of nitrogens with zero attached hydrogens (tertiary/aromatic N) is 1. The fourth-order valence-corrected chi connectivity index (χ4v) is 2.98. The minimum absolute atomic E-state index is 0.111. The number of halogens is 2. The zero-order chi connectivity index (χ0) is 21.4. The third-order valence-electron chi connectivity index (χ3n) is 4.37. The van der Waals surface area contributed by atoms with E-state index in [1.54, 1.807) is 48.3 Å². The van der Waals surface area contributed by atoms with Gasteiger partial charge in [0.2, 0.25) is 0 Å². The first kappa shape index (κ1) is 22.6. The van der Waals surface area contributed by atoms with E-state index in [-0.39, 0.29) is 30.7 Å². The highest BCUT2D eigenvalue weighted by atomic mass is 35.5. The minimum atomic E-state index is -0.463. The second-order valence-corrected chi connectivity index (χ2v) is 7.18. The maximum absolute atomic E-state index is 13.9. The van der Waals surface area contributed by atoms with Gasteiger partial charge in [-0.05, 0) is 48.9 Å². The van der Waals surface area contributed by atoms with Crippen LogP contribution >= 0.6 is 11.6 Å². The normalized spacial score (nSPS) is 11.6. The first-order valence-corrected chi connectivity index (χ1v) is 9.67. The first-order valence-electron chi connectivity index (χ1n) is 9.29. The van der Waals surface area contributed by atoms with Gasteiger partial charge < -0.3 is 19.9 Å². The molecule has 0 heterocycles. The topological polar surface area (TPSA) is 63.1 Å². The SMILES string of the molecule is CCN(Cc1ccc(OC)c(F)c1)C(=O)C[NH+](C)CC(=O)Nc1ccc(Cl)cc1. The Morgan fingerprint density at radius 2 is 1.86 bits per heavy atom. The third kappa shape index (κ3) is 7.03. The molecule has 0 fully saturated rings. The van der Waals surface area contributed by atoms with Crippen LogP contribution < -0.4 is 15.0 Å². The number of carbonyl (C=O) groups is 2. The maximum Gasteiger partial charge on any atom is 0.279 e. The maximum atomic E-state index is 13.9. The lowest BCUT2D eigenvalue weighted by Crippen LogP contribution is -3.11. The van der Waals surface area contributed by atoms with Gasteiger partial charge in [0.1, 0.15) is 0 Å². The number of rotatable bonds is 9. The zero-order valence-corrected chi connectivity index (χ0v) is 17.6. The third-order valence-corrected chi connectivity index (χ3v) is 4.62. The molecule has 2 N–H and O–H groups in total. The number of amides is 2. The van der Waals surface area contributed by atoms with Gasteiger partial charge in [-0.1, -0.05) is 17.7 Å². The largest absolute Gasteiger partial charge is 0.494 e. The number of benzene rings is 2. The van der Waals surface area contributed by atoms with Crippen molar-refractivity contribution in [1.29, 1.82) is 0 Å². The summed E-state index contributed by atoms with van der Waals surface area (Å²) in [5.41, 5.74) is 1.33. The molecule has 156 valence electrons. The second-order valence-electron chi connectivity index (χ2n) is 6.74. The van der Waals surface area contributed by atoms with Crippen molar-refractivity contribution >= 4 is 29.1 Å². The number of hydrogen-bond acceptors (Lipinski definition) is 3. The van der Waals surface area contributed by atoms with E-state index in [1.807, 2.05) is 6.92 Å². The van der Waals surface area contributed by atoms with Crippen molar-refractivity contribution in [1.82, 2.24) is 4.90 Å². The van der Waals surface area contributed by atoms with E-state index in [0.717, 1.165) is 4.90 Å². The van der Waals surface area contributed by atoms with Crippen LogP contribution in [0.25, 0.3) is 0 Å².